The molecule has 1 aliphatic heterocycles. The number of likely N-dealkylation sites (tertiary alicyclic amines) is 1. The normalized spacial score (nSPS) is 18.9. The van der Waals surface area contributed by atoms with E-state index in [0.29, 0.717) is 12.5 Å². The van der Waals surface area contributed by atoms with Crippen LogP contribution in [0.15, 0.2) is 24.3 Å². The first kappa shape index (κ1) is 16.3. The van der Waals surface area contributed by atoms with Gasteiger partial charge in [-0.2, -0.15) is 0 Å². The molecule has 4 nitrogen and oxygen atoms in total. The first-order chi connectivity index (χ1) is 11.3. The maximum Gasteiger partial charge on any atom is 0.222 e. The number of hydrogen-bond acceptors (Lipinski definition) is 3. The van der Waals surface area contributed by atoms with Crippen molar-refractivity contribution in [3.8, 4) is 5.75 Å². The number of carbonyl (C=O) groups is 1. The molecule has 0 atom stereocenters. The van der Waals surface area contributed by atoms with Crippen LogP contribution in [0.4, 0.5) is 0 Å². The SMILES string of the molecule is COc1ccccc1CCC(=O)N1CCC(NCC2CC2)CC1. The van der Waals surface area contributed by atoms with Crippen LogP contribution in [0.5, 0.6) is 5.75 Å². The second-order valence-electron chi connectivity index (χ2n) is 6.82. The van der Waals surface area contributed by atoms with E-state index in [1.54, 1.807) is 7.11 Å². The molecule has 2 aliphatic rings. The smallest absolute Gasteiger partial charge is 0.222 e. The highest BCUT2D eigenvalue weighted by Gasteiger charge is 2.25. The Bertz CT molecular complexity index is 520. The van der Waals surface area contributed by atoms with Gasteiger partial charge >= 0.3 is 0 Å². The molecular formula is C19H28N2O2. The number of hydrogen-bond donors (Lipinski definition) is 1. The van der Waals surface area contributed by atoms with Gasteiger partial charge in [-0.1, -0.05) is 18.2 Å². The summed E-state index contributed by atoms with van der Waals surface area (Å²) in [5.41, 5.74) is 1.12. The third-order valence-electron chi connectivity index (χ3n) is 5.04. The lowest BCUT2D eigenvalue weighted by molar-refractivity contribution is -0.132. The summed E-state index contributed by atoms with van der Waals surface area (Å²) in [6, 6.07) is 8.56. The fourth-order valence-corrected chi connectivity index (χ4v) is 3.30. The van der Waals surface area contributed by atoms with Crippen LogP contribution in [0.1, 0.15) is 37.7 Å². The minimum absolute atomic E-state index is 0.275. The standard InChI is InChI=1S/C19H28N2O2/c1-23-18-5-3-2-4-16(18)8-9-19(22)21-12-10-17(11-13-21)20-14-15-6-7-15/h2-5,15,17,20H,6-14H2,1H3. The summed E-state index contributed by atoms with van der Waals surface area (Å²) in [5.74, 6) is 2.08. The van der Waals surface area contributed by atoms with Crippen molar-refractivity contribution < 1.29 is 9.53 Å². The Morgan fingerprint density at radius 2 is 1.96 bits per heavy atom. The molecule has 3 rings (SSSR count). The molecule has 0 radical (unpaired) electrons. The van der Waals surface area contributed by atoms with Crippen molar-refractivity contribution in [2.75, 3.05) is 26.7 Å². The van der Waals surface area contributed by atoms with Gasteiger partial charge in [-0.15, -0.1) is 0 Å². The third-order valence-corrected chi connectivity index (χ3v) is 5.04. The Kier molecular flexibility index (Phi) is 5.55. The Labute approximate surface area is 139 Å². The van der Waals surface area contributed by atoms with Crippen LogP contribution in [-0.4, -0.2) is 43.6 Å². The van der Waals surface area contributed by atoms with Crippen LogP contribution in [0.25, 0.3) is 0 Å². The molecule has 2 fully saturated rings. The minimum atomic E-state index is 0.275. The second kappa shape index (κ2) is 7.82. The predicted molar refractivity (Wildman–Crippen MR) is 91.6 cm³/mol. The Morgan fingerprint density at radius 1 is 1.22 bits per heavy atom. The molecule has 1 saturated heterocycles. The van der Waals surface area contributed by atoms with Crippen LogP contribution in [-0.2, 0) is 11.2 Å². The largest absolute Gasteiger partial charge is 0.496 e. The molecule has 0 spiro atoms. The number of methoxy groups -OCH3 is 1. The number of rotatable bonds is 7. The summed E-state index contributed by atoms with van der Waals surface area (Å²) in [4.78, 5) is 14.5. The number of para-hydroxylation sites is 1. The van der Waals surface area contributed by atoms with E-state index in [0.717, 1.165) is 49.6 Å². The number of carbonyl (C=O) groups excluding carboxylic acids is 1. The van der Waals surface area contributed by atoms with Crippen LogP contribution < -0.4 is 10.1 Å². The van der Waals surface area contributed by atoms with Gasteiger partial charge in [0, 0.05) is 25.6 Å². The zero-order chi connectivity index (χ0) is 16.1. The Morgan fingerprint density at radius 3 is 2.65 bits per heavy atom. The van der Waals surface area contributed by atoms with E-state index in [1.807, 2.05) is 29.2 Å². The molecular weight excluding hydrogens is 288 g/mol. The van der Waals surface area contributed by atoms with E-state index in [2.05, 4.69) is 5.32 Å². The van der Waals surface area contributed by atoms with Gasteiger partial charge < -0.3 is 15.0 Å². The molecule has 1 heterocycles. The zero-order valence-corrected chi connectivity index (χ0v) is 14.1. The summed E-state index contributed by atoms with van der Waals surface area (Å²) in [5, 5.41) is 3.66. The first-order valence-corrected chi connectivity index (χ1v) is 8.89. The van der Waals surface area contributed by atoms with Crippen molar-refractivity contribution >= 4 is 5.91 Å². The van der Waals surface area contributed by atoms with E-state index >= 15 is 0 Å². The van der Waals surface area contributed by atoms with Crippen LogP contribution >= 0.6 is 0 Å². The predicted octanol–water partition coefficient (Wildman–Crippen LogP) is 2.62. The maximum absolute atomic E-state index is 12.4. The Hall–Kier alpha value is -1.55. The number of nitrogens with one attached hydrogen (secondary N) is 1. The quantitative estimate of drug-likeness (QED) is 0.841. The van der Waals surface area contributed by atoms with Gasteiger partial charge in [0.05, 0.1) is 7.11 Å². The average Bonchev–Trinajstić information content (AvgIpc) is 3.43. The van der Waals surface area contributed by atoms with Crippen molar-refractivity contribution in [3.63, 3.8) is 0 Å². The first-order valence-electron chi connectivity index (χ1n) is 8.89. The zero-order valence-electron chi connectivity index (χ0n) is 14.1. The van der Waals surface area contributed by atoms with Crippen LogP contribution in [0.3, 0.4) is 0 Å². The summed E-state index contributed by atoms with van der Waals surface area (Å²) in [7, 11) is 1.68. The van der Waals surface area contributed by atoms with Crippen molar-refractivity contribution in [2.45, 2.75) is 44.6 Å². The van der Waals surface area contributed by atoms with Gasteiger partial charge in [-0.25, -0.2) is 0 Å². The molecule has 126 valence electrons. The van der Waals surface area contributed by atoms with Gasteiger partial charge in [0.1, 0.15) is 5.75 Å². The summed E-state index contributed by atoms with van der Waals surface area (Å²) >= 11 is 0. The molecule has 1 amide bonds. The topological polar surface area (TPSA) is 41.6 Å². The van der Waals surface area contributed by atoms with Crippen LogP contribution in [0.2, 0.25) is 0 Å². The molecule has 23 heavy (non-hydrogen) atoms. The molecule has 4 heteroatoms. The number of aryl methyl sites for hydroxylation is 1. The van der Waals surface area contributed by atoms with E-state index in [-0.39, 0.29) is 5.91 Å². The van der Waals surface area contributed by atoms with Gasteiger partial charge in [-0.3, -0.25) is 4.79 Å². The third kappa shape index (κ3) is 4.71. The summed E-state index contributed by atoms with van der Waals surface area (Å²) in [6.07, 6.45) is 6.30. The maximum atomic E-state index is 12.4. The molecule has 1 saturated carbocycles. The van der Waals surface area contributed by atoms with E-state index in [9.17, 15) is 4.79 Å². The number of benzene rings is 1. The molecule has 0 unspecified atom stereocenters. The monoisotopic (exact) mass is 316 g/mol. The molecule has 1 aromatic carbocycles. The van der Waals surface area contributed by atoms with Gasteiger partial charge in [0.25, 0.3) is 0 Å². The molecule has 1 aromatic rings. The lowest BCUT2D eigenvalue weighted by Gasteiger charge is -2.32. The number of ether oxygens (including phenoxy) is 1. The molecule has 0 aromatic heterocycles. The molecule has 0 bridgehead atoms. The van der Waals surface area contributed by atoms with Gasteiger partial charge in [-0.05, 0) is 56.2 Å². The highest BCUT2D eigenvalue weighted by molar-refractivity contribution is 5.76. The Balaban J connectivity index is 1.40. The van der Waals surface area contributed by atoms with E-state index < -0.39 is 0 Å². The summed E-state index contributed by atoms with van der Waals surface area (Å²) < 4.78 is 5.36. The van der Waals surface area contributed by atoms with E-state index in [1.165, 1.54) is 19.4 Å². The molecule has 1 N–H and O–H groups in total. The van der Waals surface area contributed by atoms with Crippen LogP contribution in [0, 0.1) is 5.92 Å². The highest BCUT2D eigenvalue weighted by Crippen LogP contribution is 2.28. The minimum Gasteiger partial charge on any atom is -0.496 e. The van der Waals surface area contributed by atoms with Crippen molar-refractivity contribution in [2.24, 2.45) is 5.92 Å². The fraction of sp³-hybridized carbons (Fsp3) is 0.632. The van der Waals surface area contributed by atoms with Crippen molar-refractivity contribution in [1.29, 1.82) is 0 Å². The van der Waals surface area contributed by atoms with Gasteiger partial charge in [0.15, 0.2) is 0 Å². The van der Waals surface area contributed by atoms with E-state index in [4.69, 9.17) is 4.74 Å². The number of piperidine rings is 1. The van der Waals surface area contributed by atoms with Gasteiger partial charge in [0.2, 0.25) is 5.91 Å². The van der Waals surface area contributed by atoms with Crippen molar-refractivity contribution in [1.82, 2.24) is 10.2 Å². The second-order valence-corrected chi connectivity index (χ2v) is 6.82. The lowest BCUT2D eigenvalue weighted by atomic mass is 10.0. The lowest BCUT2D eigenvalue weighted by Crippen LogP contribution is -2.45. The fourth-order valence-electron chi connectivity index (χ4n) is 3.30. The number of amides is 1. The highest BCUT2D eigenvalue weighted by atomic mass is 16.5. The average molecular weight is 316 g/mol. The molecule has 1 aliphatic carbocycles. The summed E-state index contributed by atoms with van der Waals surface area (Å²) in [6.45, 7) is 2.96. The van der Waals surface area contributed by atoms with Crippen molar-refractivity contribution in [3.05, 3.63) is 29.8 Å². The number of nitrogens with zero attached hydrogens (tertiary/aromatic N) is 1.